The first-order valence-corrected chi connectivity index (χ1v) is 7.18. The summed E-state index contributed by atoms with van der Waals surface area (Å²) in [6, 6.07) is 8.88. The molecule has 0 aromatic heterocycles. The van der Waals surface area contributed by atoms with Crippen LogP contribution in [0.5, 0.6) is 0 Å². The van der Waals surface area contributed by atoms with Crippen molar-refractivity contribution < 1.29 is 29.2 Å². The average Bonchev–Trinajstić information content (AvgIpc) is 2.57. The summed E-state index contributed by atoms with van der Waals surface area (Å²) >= 11 is 0. The molecule has 0 bridgehead atoms. The Hall–Kier alpha value is -1.47. The van der Waals surface area contributed by atoms with Gasteiger partial charge in [0.1, 0.15) is 0 Å². The third-order valence-electron chi connectivity index (χ3n) is 2.07. The van der Waals surface area contributed by atoms with E-state index >= 15 is 0 Å². The maximum Gasteiger partial charge on any atom is 0.337 e. The summed E-state index contributed by atoms with van der Waals surface area (Å²) in [5, 5.41) is 16.2. The predicted octanol–water partition coefficient (Wildman–Crippen LogP) is 1.50. The first kappa shape index (κ1) is 22.8. The number of hydrogen-bond acceptors (Lipinski definition) is 6. The van der Waals surface area contributed by atoms with Crippen molar-refractivity contribution in [1.29, 1.82) is 0 Å². The van der Waals surface area contributed by atoms with Crippen LogP contribution in [0, 0.1) is 0 Å². The van der Waals surface area contributed by atoms with Gasteiger partial charge in [-0.05, 0) is 26.0 Å². The fraction of sp³-hybridized carbons (Fsp3) is 0.562. The first-order valence-electron chi connectivity index (χ1n) is 7.18. The minimum atomic E-state index is -0.291. The van der Waals surface area contributed by atoms with Gasteiger partial charge in [0.25, 0.3) is 0 Å². The van der Waals surface area contributed by atoms with Gasteiger partial charge in [0, 0.05) is 13.2 Å². The topological polar surface area (TPSA) is 85.2 Å². The molecule has 0 unspecified atom stereocenters. The van der Waals surface area contributed by atoms with E-state index in [1.165, 1.54) is 7.11 Å². The smallest absolute Gasteiger partial charge is 0.337 e. The molecule has 0 heterocycles. The van der Waals surface area contributed by atoms with Gasteiger partial charge in [0.2, 0.25) is 0 Å². The highest BCUT2D eigenvalue weighted by atomic mass is 16.5. The van der Waals surface area contributed by atoms with E-state index in [0.717, 1.165) is 13.2 Å². The number of esters is 1. The number of rotatable bonds is 7. The Labute approximate surface area is 132 Å². The number of ether oxygens (including phenoxy) is 3. The zero-order valence-corrected chi connectivity index (χ0v) is 13.7. The second kappa shape index (κ2) is 19.5. The van der Waals surface area contributed by atoms with Crippen molar-refractivity contribution in [2.75, 3.05) is 46.8 Å². The van der Waals surface area contributed by atoms with E-state index in [9.17, 15) is 4.79 Å². The second-order valence-corrected chi connectivity index (χ2v) is 3.70. The Balaban J connectivity index is 0. The van der Waals surface area contributed by atoms with Gasteiger partial charge >= 0.3 is 5.97 Å². The number of methoxy groups -OCH3 is 1. The molecule has 1 rings (SSSR count). The van der Waals surface area contributed by atoms with Gasteiger partial charge in [-0.1, -0.05) is 18.2 Å². The standard InChI is InChI=1S/C8H8O2.C4H10O3.C4H10O/c1-10-8(9)7-5-3-2-4-6-7;5-1-3-7-4-2-6;1-3-5-4-2/h2-6H,1H3;5-6H,1-4H2;3-4H2,1-2H3. The Morgan fingerprint density at radius 2 is 1.45 bits per heavy atom. The van der Waals surface area contributed by atoms with Crippen LogP contribution in [-0.2, 0) is 14.2 Å². The summed E-state index contributed by atoms with van der Waals surface area (Å²) < 4.78 is 14.0. The number of benzene rings is 1. The molecule has 0 atom stereocenters. The lowest BCUT2D eigenvalue weighted by atomic mass is 10.2. The van der Waals surface area contributed by atoms with Crippen molar-refractivity contribution in [1.82, 2.24) is 0 Å². The number of aliphatic hydroxyl groups is 2. The Morgan fingerprint density at radius 1 is 0.955 bits per heavy atom. The molecule has 0 saturated heterocycles. The largest absolute Gasteiger partial charge is 0.465 e. The molecule has 0 aliphatic carbocycles. The number of carbonyl (C=O) groups is 1. The predicted molar refractivity (Wildman–Crippen MR) is 84.9 cm³/mol. The molecule has 0 aliphatic rings. The second-order valence-electron chi connectivity index (χ2n) is 3.70. The summed E-state index contributed by atoms with van der Waals surface area (Å²) in [7, 11) is 1.37. The van der Waals surface area contributed by atoms with Crippen molar-refractivity contribution in [3.63, 3.8) is 0 Å². The lowest BCUT2D eigenvalue weighted by Gasteiger charge is -1.95. The van der Waals surface area contributed by atoms with E-state index in [1.807, 2.05) is 19.9 Å². The van der Waals surface area contributed by atoms with E-state index in [2.05, 4.69) is 9.47 Å². The maximum atomic E-state index is 10.8. The molecular weight excluding hydrogens is 288 g/mol. The van der Waals surface area contributed by atoms with Crippen LogP contribution in [0.1, 0.15) is 24.2 Å². The minimum Gasteiger partial charge on any atom is -0.465 e. The summed E-state index contributed by atoms with van der Waals surface area (Å²) in [5.74, 6) is -0.291. The van der Waals surface area contributed by atoms with Gasteiger partial charge < -0.3 is 24.4 Å². The van der Waals surface area contributed by atoms with Crippen molar-refractivity contribution in [3.8, 4) is 0 Å². The number of hydrogen-bond donors (Lipinski definition) is 2. The quantitative estimate of drug-likeness (QED) is 0.586. The van der Waals surface area contributed by atoms with Crippen LogP contribution in [0.15, 0.2) is 30.3 Å². The van der Waals surface area contributed by atoms with Gasteiger partial charge in [-0.3, -0.25) is 0 Å². The zero-order valence-electron chi connectivity index (χ0n) is 13.7. The van der Waals surface area contributed by atoms with Crippen molar-refractivity contribution in [2.45, 2.75) is 13.8 Å². The lowest BCUT2D eigenvalue weighted by Crippen LogP contribution is -2.03. The molecule has 0 fully saturated rings. The molecule has 128 valence electrons. The maximum absolute atomic E-state index is 10.8. The normalized spacial score (nSPS) is 8.95. The summed E-state index contributed by atoms with van der Waals surface area (Å²) in [6.45, 7) is 6.36. The van der Waals surface area contributed by atoms with Crippen LogP contribution in [0.25, 0.3) is 0 Å². The van der Waals surface area contributed by atoms with Crippen molar-refractivity contribution in [3.05, 3.63) is 35.9 Å². The van der Waals surface area contributed by atoms with Crippen molar-refractivity contribution in [2.24, 2.45) is 0 Å². The van der Waals surface area contributed by atoms with Gasteiger partial charge in [0.15, 0.2) is 0 Å². The highest BCUT2D eigenvalue weighted by Gasteiger charge is 2.00. The number of aliphatic hydroxyl groups excluding tert-OH is 2. The summed E-state index contributed by atoms with van der Waals surface area (Å²) in [4.78, 5) is 10.8. The summed E-state index contributed by atoms with van der Waals surface area (Å²) in [5.41, 5.74) is 0.588. The molecule has 0 saturated carbocycles. The van der Waals surface area contributed by atoms with E-state index in [4.69, 9.17) is 14.9 Å². The van der Waals surface area contributed by atoms with E-state index in [-0.39, 0.29) is 19.2 Å². The third-order valence-corrected chi connectivity index (χ3v) is 2.07. The molecule has 6 nitrogen and oxygen atoms in total. The molecular formula is C16H28O6. The van der Waals surface area contributed by atoms with Gasteiger partial charge in [-0.2, -0.15) is 0 Å². The average molecular weight is 316 g/mol. The molecule has 2 N–H and O–H groups in total. The highest BCUT2D eigenvalue weighted by molar-refractivity contribution is 5.89. The van der Waals surface area contributed by atoms with Crippen LogP contribution in [0.3, 0.4) is 0 Å². The monoisotopic (exact) mass is 316 g/mol. The van der Waals surface area contributed by atoms with E-state index < -0.39 is 0 Å². The van der Waals surface area contributed by atoms with Gasteiger partial charge in [0.05, 0.1) is 39.1 Å². The fourth-order valence-corrected chi connectivity index (χ4v) is 1.13. The van der Waals surface area contributed by atoms with Gasteiger partial charge in [-0.25, -0.2) is 4.79 Å². The van der Waals surface area contributed by atoms with E-state index in [1.54, 1.807) is 24.3 Å². The first-order chi connectivity index (χ1) is 10.7. The van der Waals surface area contributed by atoms with Crippen LogP contribution in [0.2, 0.25) is 0 Å². The highest BCUT2D eigenvalue weighted by Crippen LogP contribution is 1.98. The van der Waals surface area contributed by atoms with E-state index in [0.29, 0.717) is 18.8 Å². The molecule has 0 aliphatic heterocycles. The number of carbonyl (C=O) groups excluding carboxylic acids is 1. The summed E-state index contributed by atoms with van der Waals surface area (Å²) in [6.07, 6.45) is 0. The molecule has 22 heavy (non-hydrogen) atoms. The minimum absolute atomic E-state index is 0.0278. The van der Waals surface area contributed by atoms with Crippen LogP contribution in [-0.4, -0.2) is 62.9 Å². The third kappa shape index (κ3) is 16.6. The van der Waals surface area contributed by atoms with Crippen molar-refractivity contribution >= 4 is 5.97 Å². The molecule has 0 amide bonds. The lowest BCUT2D eigenvalue weighted by molar-refractivity contribution is 0.0600. The Kier molecular flexibility index (Phi) is 20.2. The fourth-order valence-electron chi connectivity index (χ4n) is 1.13. The molecule has 0 radical (unpaired) electrons. The molecule has 1 aromatic carbocycles. The molecule has 1 aromatic rings. The van der Waals surface area contributed by atoms with Gasteiger partial charge in [-0.15, -0.1) is 0 Å². The van der Waals surface area contributed by atoms with Crippen LogP contribution >= 0.6 is 0 Å². The molecule has 6 heteroatoms. The van der Waals surface area contributed by atoms with Crippen LogP contribution in [0.4, 0.5) is 0 Å². The Bertz CT molecular complexity index is 323. The Morgan fingerprint density at radius 3 is 1.77 bits per heavy atom. The SMILES string of the molecule is CCOCC.COC(=O)c1ccccc1.OCCOCCO. The zero-order chi connectivity index (χ0) is 17.1. The van der Waals surface area contributed by atoms with Crippen LogP contribution < -0.4 is 0 Å². The molecule has 0 spiro atoms.